The molecular formula is C25H30ClN5O5S3. The molecule has 0 aliphatic rings. The van der Waals surface area contributed by atoms with Crippen LogP contribution in [-0.4, -0.2) is 58.2 Å². The van der Waals surface area contributed by atoms with Crippen LogP contribution in [0.1, 0.15) is 17.4 Å². The highest BCUT2D eigenvalue weighted by molar-refractivity contribution is 8.00. The molecule has 1 unspecified atom stereocenters. The number of methoxy groups -OCH3 is 2. The summed E-state index contributed by atoms with van der Waals surface area (Å²) in [7, 11) is 6.88. The fourth-order valence-corrected chi connectivity index (χ4v) is 4.79. The molecule has 210 valence electrons. The standard InChI is InChI=1S/C25H28ClN5O5S2.H2S/c1-15-9-12-21(35-15)24-27-28-25(31(24)23-19(33-4)7-6-8-20(23)34-5)29-37-14-18(32)17-11-10-16(26)13-22(17)36-38-30(2)3;/h6-13,18,32H,14H2,1-5H3,(H,28,29);1H2. The molecule has 2 N–H and O–H groups in total. The highest BCUT2D eigenvalue weighted by Crippen LogP contribution is 2.39. The summed E-state index contributed by atoms with van der Waals surface area (Å²) in [4.78, 5) is 0. The van der Waals surface area contributed by atoms with Gasteiger partial charge in [-0.15, -0.1) is 10.2 Å². The third kappa shape index (κ3) is 7.29. The Labute approximate surface area is 247 Å². The van der Waals surface area contributed by atoms with Crippen molar-refractivity contribution in [2.45, 2.75) is 13.0 Å². The van der Waals surface area contributed by atoms with Crippen molar-refractivity contribution < 1.29 is 23.2 Å². The van der Waals surface area contributed by atoms with Crippen LogP contribution in [0.5, 0.6) is 17.2 Å². The van der Waals surface area contributed by atoms with Crippen molar-refractivity contribution in [1.82, 2.24) is 19.1 Å². The molecule has 14 heteroatoms. The first-order valence-electron chi connectivity index (χ1n) is 11.4. The highest BCUT2D eigenvalue weighted by Gasteiger charge is 2.24. The fraction of sp³-hybridized carbons (Fsp3) is 0.280. The van der Waals surface area contributed by atoms with Crippen LogP contribution in [-0.2, 0) is 0 Å². The van der Waals surface area contributed by atoms with Crippen molar-refractivity contribution in [3.63, 3.8) is 0 Å². The van der Waals surface area contributed by atoms with Gasteiger partial charge in [-0.3, -0.25) is 9.29 Å². The van der Waals surface area contributed by atoms with E-state index in [2.05, 4.69) is 14.9 Å². The topological polar surface area (TPSA) is 107 Å². The van der Waals surface area contributed by atoms with Gasteiger partial charge in [0.15, 0.2) is 5.76 Å². The van der Waals surface area contributed by atoms with Crippen LogP contribution >= 0.6 is 49.3 Å². The van der Waals surface area contributed by atoms with Crippen molar-refractivity contribution in [3.8, 4) is 34.5 Å². The maximum atomic E-state index is 11.0. The van der Waals surface area contributed by atoms with Gasteiger partial charge < -0.3 is 23.2 Å². The van der Waals surface area contributed by atoms with E-state index in [1.54, 1.807) is 41.3 Å². The number of halogens is 1. The maximum Gasteiger partial charge on any atom is 0.239 e. The zero-order chi connectivity index (χ0) is 27.2. The second kappa shape index (κ2) is 14.1. The number of para-hydroxylation sites is 1. The average molecular weight is 612 g/mol. The number of rotatable bonds is 12. The SMILES string of the molecule is COc1cccc(OC)c1-n1c(NSCC(O)c2ccc(Cl)cc2OSN(C)C)nnc1-c1ccc(C)o1.S. The number of aromatic nitrogens is 3. The molecule has 0 aliphatic heterocycles. The highest BCUT2D eigenvalue weighted by atomic mass is 35.5. The minimum absolute atomic E-state index is 0. The number of aliphatic hydroxyl groups is 1. The number of nitrogens with one attached hydrogen (secondary N) is 1. The van der Waals surface area contributed by atoms with Gasteiger partial charge in [0.2, 0.25) is 11.8 Å². The minimum Gasteiger partial charge on any atom is -0.494 e. The Bertz CT molecular complexity index is 1360. The Morgan fingerprint density at radius 1 is 1.08 bits per heavy atom. The predicted molar refractivity (Wildman–Crippen MR) is 162 cm³/mol. The Kier molecular flexibility index (Phi) is 11.2. The fourth-order valence-electron chi connectivity index (χ4n) is 3.57. The quantitative estimate of drug-likeness (QED) is 0.147. The molecule has 0 amide bonds. The number of anilines is 1. The molecule has 0 spiro atoms. The van der Waals surface area contributed by atoms with Crippen LogP contribution < -0.4 is 18.4 Å². The van der Waals surface area contributed by atoms with E-state index < -0.39 is 6.10 Å². The van der Waals surface area contributed by atoms with E-state index in [0.29, 0.717) is 51.1 Å². The summed E-state index contributed by atoms with van der Waals surface area (Å²) in [5, 5.41) is 20.2. The van der Waals surface area contributed by atoms with Crippen LogP contribution in [0, 0.1) is 6.92 Å². The lowest BCUT2D eigenvalue weighted by Gasteiger charge is -2.18. The molecule has 0 radical (unpaired) electrons. The number of aryl methyl sites for hydroxylation is 1. The largest absolute Gasteiger partial charge is 0.494 e. The van der Waals surface area contributed by atoms with Gasteiger partial charge in [0, 0.05) is 36.5 Å². The molecule has 0 fully saturated rings. The van der Waals surface area contributed by atoms with Gasteiger partial charge in [0.25, 0.3) is 0 Å². The number of nitrogens with zero attached hydrogens (tertiary/aromatic N) is 4. The van der Waals surface area contributed by atoms with Gasteiger partial charge in [0.1, 0.15) is 40.9 Å². The van der Waals surface area contributed by atoms with Crippen molar-refractivity contribution in [2.75, 3.05) is 38.8 Å². The number of ether oxygens (including phenoxy) is 2. The van der Waals surface area contributed by atoms with Gasteiger partial charge >= 0.3 is 0 Å². The lowest BCUT2D eigenvalue weighted by atomic mass is 10.1. The van der Waals surface area contributed by atoms with Gasteiger partial charge in [0.05, 0.1) is 20.3 Å². The lowest BCUT2D eigenvalue weighted by Crippen LogP contribution is -2.09. The summed E-state index contributed by atoms with van der Waals surface area (Å²) < 4.78 is 29.6. The van der Waals surface area contributed by atoms with E-state index in [4.69, 9.17) is 29.7 Å². The first kappa shape index (κ1) is 30.9. The number of hydrogen-bond acceptors (Lipinski definition) is 11. The Morgan fingerprint density at radius 2 is 1.79 bits per heavy atom. The van der Waals surface area contributed by atoms with Gasteiger partial charge in [-0.2, -0.15) is 13.5 Å². The molecule has 4 rings (SSSR count). The summed E-state index contributed by atoms with van der Waals surface area (Å²) >= 11 is 8.55. The molecule has 0 aliphatic carbocycles. The number of benzene rings is 2. The predicted octanol–water partition coefficient (Wildman–Crippen LogP) is 5.92. The van der Waals surface area contributed by atoms with Crippen LogP contribution in [0.4, 0.5) is 5.95 Å². The van der Waals surface area contributed by atoms with Crippen LogP contribution in [0.25, 0.3) is 17.3 Å². The van der Waals surface area contributed by atoms with E-state index in [1.807, 2.05) is 51.4 Å². The molecule has 39 heavy (non-hydrogen) atoms. The van der Waals surface area contributed by atoms with Crippen LogP contribution in [0.15, 0.2) is 52.9 Å². The van der Waals surface area contributed by atoms with E-state index in [1.165, 1.54) is 11.9 Å². The van der Waals surface area contributed by atoms with Crippen LogP contribution in [0.2, 0.25) is 5.02 Å². The monoisotopic (exact) mass is 611 g/mol. The van der Waals surface area contributed by atoms with E-state index in [0.717, 1.165) is 18.0 Å². The average Bonchev–Trinajstić information content (AvgIpc) is 3.52. The third-order valence-corrected chi connectivity index (χ3v) is 6.86. The maximum absolute atomic E-state index is 11.0. The first-order chi connectivity index (χ1) is 18.3. The van der Waals surface area contributed by atoms with Crippen molar-refractivity contribution in [2.24, 2.45) is 0 Å². The van der Waals surface area contributed by atoms with E-state index >= 15 is 0 Å². The molecule has 4 aromatic rings. The zero-order valence-corrected chi connectivity index (χ0v) is 25.4. The molecule has 10 nitrogen and oxygen atoms in total. The number of hydrogen-bond donors (Lipinski definition) is 2. The molecule has 2 aromatic heterocycles. The first-order valence-corrected chi connectivity index (χ1v) is 13.5. The molecule has 1 atom stereocenters. The van der Waals surface area contributed by atoms with Gasteiger partial charge in [-0.1, -0.05) is 23.7 Å². The summed E-state index contributed by atoms with van der Waals surface area (Å²) in [6.07, 6.45) is -0.855. The number of furan rings is 1. The van der Waals surface area contributed by atoms with Gasteiger partial charge in [-0.05, 0) is 49.2 Å². The van der Waals surface area contributed by atoms with Gasteiger partial charge in [-0.25, -0.2) is 4.31 Å². The normalized spacial score (nSPS) is 11.7. The summed E-state index contributed by atoms with van der Waals surface area (Å²) in [5.74, 6) is 4.00. The van der Waals surface area contributed by atoms with Crippen molar-refractivity contribution in [3.05, 3.63) is 64.9 Å². The molecule has 0 saturated heterocycles. The Balaban J connectivity index is 0.00000420. The molecular weight excluding hydrogens is 582 g/mol. The third-order valence-electron chi connectivity index (χ3n) is 5.26. The van der Waals surface area contributed by atoms with Crippen molar-refractivity contribution >= 4 is 55.2 Å². The lowest BCUT2D eigenvalue weighted by molar-refractivity contribution is 0.202. The van der Waals surface area contributed by atoms with E-state index in [9.17, 15) is 5.11 Å². The Morgan fingerprint density at radius 3 is 2.41 bits per heavy atom. The second-order valence-corrected chi connectivity index (χ2v) is 10.5. The zero-order valence-electron chi connectivity index (χ0n) is 22.0. The van der Waals surface area contributed by atoms with Crippen LogP contribution in [0.3, 0.4) is 0 Å². The minimum atomic E-state index is -0.855. The molecule has 2 aromatic carbocycles. The van der Waals surface area contributed by atoms with Crippen molar-refractivity contribution in [1.29, 1.82) is 0 Å². The summed E-state index contributed by atoms with van der Waals surface area (Å²) in [6, 6.07) is 14.3. The summed E-state index contributed by atoms with van der Waals surface area (Å²) in [5.41, 5.74) is 1.21. The smallest absolute Gasteiger partial charge is 0.239 e. The molecule has 0 bridgehead atoms. The second-order valence-electron chi connectivity index (χ2n) is 8.19. The number of aliphatic hydroxyl groups excluding tert-OH is 1. The summed E-state index contributed by atoms with van der Waals surface area (Å²) in [6.45, 7) is 1.86. The molecule has 0 saturated carbocycles. The van der Waals surface area contributed by atoms with E-state index in [-0.39, 0.29) is 19.2 Å². The Hall–Kier alpha value is -2.68. The molecule has 2 heterocycles.